The molecule has 0 radical (unpaired) electrons. The van der Waals surface area contributed by atoms with Crippen LogP contribution >= 0.6 is 11.8 Å². The van der Waals surface area contributed by atoms with Gasteiger partial charge >= 0.3 is 5.97 Å². The minimum Gasteiger partial charge on any atom is -0.497 e. The summed E-state index contributed by atoms with van der Waals surface area (Å²) in [5, 5.41) is 14.5. The zero-order valence-electron chi connectivity index (χ0n) is 19.2. The summed E-state index contributed by atoms with van der Waals surface area (Å²) in [7, 11) is 4.65. The Labute approximate surface area is 201 Å². The third-order valence-electron chi connectivity index (χ3n) is 4.88. The van der Waals surface area contributed by atoms with E-state index in [-0.39, 0.29) is 17.6 Å². The number of nitrogens with one attached hydrogen (secondary N) is 2. The zero-order chi connectivity index (χ0) is 24.7. The lowest BCUT2D eigenvalue weighted by Crippen LogP contribution is -2.28. The molecule has 0 saturated heterocycles. The number of carbonyl (C=O) groups is 3. The van der Waals surface area contributed by atoms with E-state index in [0.717, 1.165) is 0 Å². The number of aromatic nitrogens is 3. The minimum absolute atomic E-state index is 0.108. The smallest absolute Gasteiger partial charge is 0.337 e. The lowest BCUT2D eigenvalue weighted by molar-refractivity contribution is -0.113. The predicted octanol–water partition coefficient (Wildman–Crippen LogP) is 2.83. The fraction of sp³-hybridized carbons (Fsp3) is 0.261. The minimum atomic E-state index is -0.444. The molecule has 10 nitrogen and oxygen atoms in total. The van der Waals surface area contributed by atoms with Gasteiger partial charge in [0.05, 0.1) is 31.6 Å². The zero-order valence-corrected chi connectivity index (χ0v) is 20.0. The molecule has 1 atom stereocenters. The first-order valence-corrected chi connectivity index (χ1v) is 11.3. The molecule has 2 N–H and O–H groups in total. The van der Waals surface area contributed by atoms with Crippen LogP contribution in [0.4, 0.5) is 5.69 Å². The second-order valence-electron chi connectivity index (χ2n) is 7.23. The first kappa shape index (κ1) is 24.8. The fourth-order valence-corrected chi connectivity index (χ4v) is 3.77. The van der Waals surface area contributed by atoms with Gasteiger partial charge in [-0.2, -0.15) is 0 Å². The summed E-state index contributed by atoms with van der Waals surface area (Å²) in [5.41, 5.74) is 1.46. The molecule has 0 saturated carbocycles. The molecule has 2 aromatic carbocycles. The van der Waals surface area contributed by atoms with E-state index in [9.17, 15) is 14.4 Å². The van der Waals surface area contributed by atoms with Crippen LogP contribution in [0.2, 0.25) is 0 Å². The highest BCUT2D eigenvalue weighted by Gasteiger charge is 2.19. The van der Waals surface area contributed by atoms with Gasteiger partial charge in [0.15, 0.2) is 11.0 Å². The number of thioether (sulfide) groups is 1. The van der Waals surface area contributed by atoms with Crippen molar-refractivity contribution in [1.29, 1.82) is 0 Å². The molecule has 178 valence electrons. The van der Waals surface area contributed by atoms with Crippen molar-refractivity contribution in [3.8, 4) is 5.75 Å². The topological polar surface area (TPSA) is 124 Å². The highest BCUT2D eigenvalue weighted by Crippen LogP contribution is 2.20. The number of hydrogen-bond acceptors (Lipinski definition) is 8. The number of carbonyl (C=O) groups excluding carboxylic acids is 3. The second-order valence-corrected chi connectivity index (χ2v) is 8.17. The Bertz CT molecular complexity index is 1160. The number of esters is 1. The van der Waals surface area contributed by atoms with Gasteiger partial charge in [-0.3, -0.25) is 9.59 Å². The lowest BCUT2D eigenvalue weighted by atomic mass is 10.2. The molecule has 3 aromatic rings. The number of benzene rings is 2. The number of methoxy groups -OCH3 is 2. The highest BCUT2D eigenvalue weighted by molar-refractivity contribution is 7.99. The van der Waals surface area contributed by atoms with Crippen LogP contribution in [0.1, 0.15) is 39.5 Å². The normalized spacial score (nSPS) is 11.4. The van der Waals surface area contributed by atoms with Gasteiger partial charge in [-0.05, 0) is 55.5 Å². The van der Waals surface area contributed by atoms with Gasteiger partial charge in [0.1, 0.15) is 5.75 Å². The summed E-state index contributed by atoms with van der Waals surface area (Å²) in [5.74, 6) is 0.411. The summed E-state index contributed by atoms with van der Waals surface area (Å²) < 4.78 is 11.5. The Morgan fingerprint density at radius 1 is 1.00 bits per heavy atom. The lowest BCUT2D eigenvalue weighted by Gasteiger charge is -2.14. The Balaban J connectivity index is 1.54. The Morgan fingerprint density at radius 3 is 2.26 bits per heavy atom. The van der Waals surface area contributed by atoms with E-state index in [1.807, 2.05) is 6.92 Å². The predicted molar refractivity (Wildman–Crippen MR) is 127 cm³/mol. The van der Waals surface area contributed by atoms with Gasteiger partial charge in [0, 0.05) is 18.3 Å². The summed E-state index contributed by atoms with van der Waals surface area (Å²) in [4.78, 5) is 36.3. The second kappa shape index (κ2) is 11.3. The van der Waals surface area contributed by atoms with Gasteiger partial charge < -0.3 is 24.7 Å². The van der Waals surface area contributed by atoms with Crippen LogP contribution in [0.3, 0.4) is 0 Å². The van der Waals surface area contributed by atoms with E-state index in [1.165, 1.54) is 18.9 Å². The van der Waals surface area contributed by atoms with Crippen molar-refractivity contribution < 1.29 is 23.9 Å². The molecule has 11 heteroatoms. The van der Waals surface area contributed by atoms with Crippen molar-refractivity contribution in [1.82, 2.24) is 20.1 Å². The van der Waals surface area contributed by atoms with Crippen LogP contribution < -0.4 is 15.4 Å². The van der Waals surface area contributed by atoms with Crippen molar-refractivity contribution in [3.05, 3.63) is 65.5 Å². The van der Waals surface area contributed by atoms with Crippen LogP contribution in [-0.2, 0) is 16.6 Å². The summed E-state index contributed by atoms with van der Waals surface area (Å²) in [6.45, 7) is 1.81. The first-order chi connectivity index (χ1) is 16.3. The van der Waals surface area contributed by atoms with E-state index in [1.54, 1.807) is 67.3 Å². The number of rotatable bonds is 9. The van der Waals surface area contributed by atoms with E-state index >= 15 is 0 Å². The molecule has 0 aliphatic rings. The van der Waals surface area contributed by atoms with Crippen LogP contribution in [0, 0.1) is 0 Å². The molecule has 0 aliphatic carbocycles. The van der Waals surface area contributed by atoms with Gasteiger partial charge in [-0.1, -0.05) is 11.8 Å². The monoisotopic (exact) mass is 483 g/mol. The van der Waals surface area contributed by atoms with E-state index in [2.05, 4.69) is 25.6 Å². The number of hydrogen-bond donors (Lipinski definition) is 2. The Hall–Kier alpha value is -3.86. The maximum atomic E-state index is 12.5. The molecule has 2 amide bonds. The third kappa shape index (κ3) is 6.13. The van der Waals surface area contributed by atoms with Crippen LogP contribution in [0.5, 0.6) is 5.75 Å². The Morgan fingerprint density at radius 2 is 1.65 bits per heavy atom. The molecule has 34 heavy (non-hydrogen) atoms. The molecule has 0 unspecified atom stereocenters. The number of ether oxygens (including phenoxy) is 2. The molecular formula is C23H25N5O5S. The maximum Gasteiger partial charge on any atom is 0.337 e. The van der Waals surface area contributed by atoms with Crippen molar-refractivity contribution >= 4 is 35.2 Å². The van der Waals surface area contributed by atoms with E-state index < -0.39 is 12.0 Å². The van der Waals surface area contributed by atoms with Crippen molar-refractivity contribution in [2.24, 2.45) is 7.05 Å². The number of nitrogens with zero attached hydrogens (tertiary/aromatic N) is 3. The maximum absolute atomic E-state index is 12.5. The fourth-order valence-electron chi connectivity index (χ4n) is 3.05. The van der Waals surface area contributed by atoms with Crippen LogP contribution in [0.25, 0.3) is 0 Å². The van der Waals surface area contributed by atoms with Crippen LogP contribution in [0.15, 0.2) is 53.7 Å². The molecule has 0 spiro atoms. The van der Waals surface area contributed by atoms with Crippen LogP contribution in [-0.4, -0.2) is 52.5 Å². The molecule has 0 fully saturated rings. The SMILES string of the molecule is COC(=O)c1ccc(NC(=O)CSc2nnc([C@@H](C)NC(=O)c3ccc(OC)cc3)n2C)cc1. The van der Waals surface area contributed by atoms with Gasteiger partial charge in [0.25, 0.3) is 5.91 Å². The molecule has 1 heterocycles. The van der Waals surface area contributed by atoms with Crippen molar-refractivity contribution in [2.75, 3.05) is 25.3 Å². The molecule has 1 aromatic heterocycles. The van der Waals surface area contributed by atoms with Crippen molar-refractivity contribution in [2.45, 2.75) is 18.1 Å². The third-order valence-corrected chi connectivity index (χ3v) is 5.90. The Kier molecular flexibility index (Phi) is 8.25. The van der Waals surface area contributed by atoms with E-state index in [0.29, 0.717) is 33.5 Å². The molecule has 0 aliphatic heterocycles. The molecule has 0 bridgehead atoms. The number of amides is 2. The van der Waals surface area contributed by atoms with Gasteiger partial charge in [-0.25, -0.2) is 4.79 Å². The van der Waals surface area contributed by atoms with Gasteiger partial charge in [-0.15, -0.1) is 10.2 Å². The highest BCUT2D eigenvalue weighted by atomic mass is 32.2. The molecular weight excluding hydrogens is 458 g/mol. The summed E-state index contributed by atoms with van der Waals surface area (Å²) >= 11 is 1.22. The van der Waals surface area contributed by atoms with Crippen molar-refractivity contribution in [3.63, 3.8) is 0 Å². The molecule has 3 rings (SSSR count). The van der Waals surface area contributed by atoms with E-state index in [4.69, 9.17) is 4.74 Å². The largest absolute Gasteiger partial charge is 0.497 e. The number of anilines is 1. The standard InChI is InChI=1S/C23H25N5O5S/c1-14(24-21(30)15-7-11-18(32-3)12-8-15)20-26-27-23(28(20)2)34-13-19(29)25-17-9-5-16(6-10-17)22(31)33-4/h5-12,14H,13H2,1-4H3,(H,24,30)(H,25,29)/t14-/m1/s1. The van der Waals surface area contributed by atoms with Gasteiger partial charge in [0.2, 0.25) is 5.91 Å². The first-order valence-electron chi connectivity index (χ1n) is 10.3. The quantitative estimate of drug-likeness (QED) is 0.352. The summed E-state index contributed by atoms with van der Waals surface area (Å²) in [6, 6.07) is 12.8. The average molecular weight is 484 g/mol. The average Bonchev–Trinajstić information content (AvgIpc) is 3.23. The summed E-state index contributed by atoms with van der Waals surface area (Å²) in [6.07, 6.45) is 0.